The quantitative estimate of drug-likeness (QED) is 0.314. The first-order valence-electron chi connectivity index (χ1n) is 12.3. The van der Waals surface area contributed by atoms with E-state index in [4.69, 9.17) is 27.9 Å². The van der Waals surface area contributed by atoms with Crippen LogP contribution in [-0.4, -0.2) is 51.4 Å². The van der Waals surface area contributed by atoms with Gasteiger partial charge in [-0.15, -0.1) is 0 Å². The van der Waals surface area contributed by atoms with Gasteiger partial charge in [-0.05, 0) is 61.4 Å². The zero-order chi connectivity index (χ0) is 28.6. The molecule has 0 fully saturated rings. The second-order valence-corrected chi connectivity index (χ2v) is 11.5. The summed E-state index contributed by atoms with van der Waals surface area (Å²) in [6.07, 6.45) is 0.723. The molecule has 8 nitrogen and oxygen atoms in total. The monoisotopic (exact) mass is 591 g/mol. The average Bonchev–Trinajstić information content (AvgIpc) is 2.94. The van der Waals surface area contributed by atoms with Gasteiger partial charge < -0.3 is 15.0 Å². The van der Waals surface area contributed by atoms with Crippen molar-refractivity contribution in [2.45, 2.75) is 37.8 Å². The number of hydrogen-bond acceptors (Lipinski definition) is 5. The normalized spacial score (nSPS) is 11.9. The lowest BCUT2D eigenvalue weighted by molar-refractivity contribution is -0.139. The largest absolute Gasteiger partial charge is 0.495 e. The van der Waals surface area contributed by atoms with E-state index in [0.717, 1.165) is 16.3 Å². The predicted octanol–water partition coefficient (Wildman–Crippen LogP) is 5.14. The molecule has 0 saturated heterocycles. The number of rotatable bonds is 12. The Morgan fingerprint density at radius 1 is 0.974 bits per heavy atom. The zero-order valence-electron chi connectivity index (χ0n) is 21.9. The van der Waals surface area contributed by atoms with Crippen LogP contribution in [-0.2, 0) is 26.2 Å². The molecule has 208 valence electrons. The summed E-state index contributed by atoms with van der Waals surface area (Å²) in [7, 11) is -2.84. The summed E-state index contributed by atoms with van der Waals surface area (Å²) < 4.78 is 34.1. The van der Waals surface area contributed by atoms with Crippen LogP contribution in [0.15, 0.2) is 77.7 Å². The SMILES string of the molecule is CCCNC(=O)C(C)N(Cc1ccc(Cl)cc1)C(=O)CN(c1cc(Cl)ccc1OC)S(=O)(=O)c1ccccc1. The average molecular weight is 593 g/mol. The number of benzene rings is 3. The first kappa shape index (κ1) is 30.3. The molecule has 1 N–H and O–H groups in total. The molecule has 0 saturated carbocycles. The molecule has 0 aromatic heterocycles. The Bertz CT molecular complexity index is 1390. The van der Waals surface area contributed by atoms with E-state index in [1.165, 1.54) is 36.3 Å². The number of methoxy groups -OCH3 is 1. The molecule has 0 spiro atoms. The van der Waals surface area contributed by atoms with Gasteiger partial charge in [0.1, 0.15) is 18.3 Å². The number of halogens is 2. The summed E-state index contributed by atoms with van der Waals surface area (Å²) in [6.45, 7) is 3.43. The molecule has 3 rings (SSSR count). The maximum Gasteiger partial charge on any atom is 0.264 e. The third-order valence-electron chi connectivity index (χ3n) is 6.00. The zero-order valence-corrected chi connectivity index (χ0v) is 24.3. The molecule has 0 aliphatic heterocycles. The minimum Gasteiger partial charge on any atom is -0.495 e. The molecule has 39 heavy (non-hydrogen) atoms. The van der Waals surface area contributed by atoms with E-state index in [1.807, 2.05) is 6.92 Å². The van der Waals surface area contributed by atoms with E-state index in [2.05, 4.69) is 5.32 Å². The lowest BCUT2D eigenvalue weighted by Gasteiger charge is -2.32. The third kappa shape index (κ3) is 7.65. The van der Waals surface area contributed by atoms with Crippen LogP contribution in [0.4, 0.5) is 5.69 Å². The molecule has 3 aromatic carbocycles. The molecule has 1 atom stereocenters. The lowest BCUT2D eigenvalue weighted by atomic mass is 10.1. The summed E-state index contributed by atoms with van der Waals surface area (Å²) in [5, 5.41) is 3.59. The number of sulfonamides is 1. The summed E-state index contributed by atoms with van der Waals surface area (Å²) >= 11 is 12.3. The van der Waals surface area contributed by atoms with E-state index in [-0.39, 0.29) is 33.8 Å². The summed E-state index contributed by atoms with van der Waals surface area (Å²) in [6, 6.07) is 18.3. The first-order chi connectivity index (χ1) is 18.6. The molecule has 0 aliphatic carbocycles. The Balaban J connectivity index is 2.07. The van der Waals surface area contributed by atoms with Crippen molar-refractivity contribution >= 4 is 50.7 Å². The Morgan fingerprint density at radius 3 is 2.23 bits per heavy atom. The van der Waals surface area contributed by atoms with Gasteiger partial charge in [0.05, 0.1) is 17.7 Å². The Hall–Kier alpha value is -3.27. The van der Waals surface area contributed by atoms with Crippen molar-refractivity contribution in [2.75, 3.05) is 24.5 Å². The molecular weight excluding hydrogens is 561 g/mol. The molecule has 3 aromatic rings. The van der Waals surface area contributed by atoms with Crippen LogP contribution in [0.5, 0.6) is 5.75 Å². The van der Waals surface area contributed by atoms with Gasteiger partial charge >= 0.3 is 0 Å². The van der Waals surface area contributed by atoms with Gasteiger partial charge in [0.25, 0.3) is 10.0 Å². The van der Waals surface area contributed by atoms with E-state index in [1.54, 1.807) is 55.5 Å². The second-order valence-electron chi connectivity index (χ2n) is 8.76. The van der Waals surface area contributed by atoms with Gasteiger partial charge in [0.15, 0.2) is 0 Å². The molecule has 0 radical (unpaired) electrons. The number of nitrogens with one attached hydrogen (secondary N) is 1. The molecule has 0 bridgehead atoms. The lowest BCUT2D eigenvalue weighted by Crippen LogP contribution is -2.51. The highest BCUT2D eigenvalue weighted by atomic mass is 35.5. The first-order valence-corrected chi connectivity index (χ1v) is 14.5. The van der Waals surface area contributed by atoms with Gasteiger partial charge in [-0.2, -0.15) is 0 Å². The van der Waals surface area contributed by atoms with Crippen molar-refractivity contribution in [2.24, 2.45) is 0 Å². The Labute approximate surface area is 239 Å². The van der Waals surface area contributed by atoms with Crippen molar-refractivity contribution in [1.29, 1.82) is 0 Å². The molecule has 2 amide bonds. The number of nitrogens with zero attached hydrogens (tertiary/aromatic N) is 2. The van der Waals surface area contributed by atoms with Crippen LogP contribution in [0.2, 0.25) is 10.0 Å². The Morgan fingerprint density at radius 2 is 1.62 bits per heavy atom. The van der Waals surface area contributed by atoms with E-state index in [0.29, 0.717) is 11.6 Å². The number of ether oxygens (including phenoxy) is 1. The molecule has 11 heteroatoms. The van der Waals surface area contributed by atoms with Gasteiger partial charge in [0.2, 0.25) is 11.8 Å². The van der Waals surface area contributed by atoms with Crippen LogP contribution in [0, 0.1) is 0 Å². The van der Waals surface area contributed by atoms with Crippen molar-refractivity contribution < 1.29 is 22.7 Å². The van der Waals surface area contributed by atoms with Crippen LogP contribution < -0.4 is 14.4 Å². The fourth-order valence-corrected chi connectivity index (χ4v) is 5.59. The van der Waals surface area contributed by atoms with Gasteiger partial charge in [-0.1, -0.05) is 60.5 Å². The van der Waals surface area contributed by atoms with Crippen molar-refractivity contribution in [3.63, 3.8) is 0 Å². The number of amides is 2. The molecular formula is C28H31Cl2N3O5S. The maximum absolute atomic E-state index is 13.9. The number of carbonyl (C=O) groups is 2. The number of carbonyl (C=O) groups excluding carboxylic acids is 2. The smallest absolute Gasteiger partial charge is 0.264 e. The third-order valence-corrected chi connectivity index (χ3v) is 8.26. The number of hydrogen-bond donors (Lipinski definition) is 1. The number of anilines is 1. The highest BCUT2D eigenvalue weighted by Gasteiger charge is 2.33. The fourth-order valence-electron chi connectivity index (χ4n) is 3.86. The fraction of sp³-hybridized carbons (Fsp3) is 0.286. The van der Waals surface area contributed by atoms with Gasteiger partial charge in [-0.3, -0.25) is 13.9 Å². The van der Waals surface area contributed by atoms with Gasteiger partial charge in [-0.25, -0.2) is 8.42 Å². The highest BCUT2D eigenvalue weighted by molar-refractivity contribution is 7.92. The van der Waals surface area contributed by atoms with E-state index >= 15 is 0 Å². The van der Waals surface area contributed by atoms with Crippen molar-refractivity contribution in [1.82, 2.24) is 10.2 Å². The molecule has 0 heterocycles. The summed E-state index contributed by atoms with van der Waals surface area (Å²) in [5.74, 6) is -0.729. The van der Waals surface area contributed by atoms with Crippen LogP contribution in [0.3, 0.4) is 0 Å². The van der Waals surface area contributed by atoms with Crippen molar-refractivity contribution in [3.8, 4) is 5.75 Å². The highest BCUT2D eigenvalue weighted by Crippen LogP contribution is 2.35. The van der Waals surface area contributed by atoms with Gasteiger partial charge in [0, 0.05) is 23.1 Å². The van der Waals surface area contributed by atoms with E-state index < -0.39 is 28.5 Å². The minimum absolute atomic E-state index is 0.0159. The standard InChI is InChI=1S/C28H31Cl2N3O5S/c1-4-16-31-28(35)20(2)32(18-21-10-12-22(29)13-11-21)27(34)19-33(25-17-23(30)14-15-26(25)38-3)39(36,37)24-8-6-5-7-9-24/h5-15,17,20H,4,16,18-19H2,1-3H3,(H,31,35). The van der Waals surface area contributed by atoms with Crippen LogP contribution in [0.25, 0.3) is 0 Å². The maximum atomic E-state index is 13.9. The van der Waals surface area contributed by atoms with Crippen LogP contribution in [0.1, 0.15) is 25.8 Å². The minimum atomic E-state index is -4.24. The van der Waals surface area contributed by atoms with E-state index in [9.17, 15) is 18.0 Å². The molecule has 1 unspecified atom stereocenters. The second kappa shape index (κ2) is 13.7. The topological polar surface area (TPSA) is 96.0 Å². The van der Waals surface area contributed by atoms with Crippen LogP contribution >= 0.6 is 23.2 Å². The summed E-state index contributed by atoms with van der Waals surface area (Å²) in [5.41, 5.74) is 0.817. The molecule has 0 aliphatic rings. The summed E-state index contributed by atoms with van der Waals surface area (Å²) in [4.78, 5) is 28.2. The Kier molecular flexibility index (Phi) is 10.6. The van der Waals surface area contributed by atoms with Crippen molar-refractivity contribution in [3.05, 3.63) is 88.4 Å². The predicted molar refractivity (Wildman–Crippen MR) is 154 cm³/mol.